The highest BCUT2D eigenvalue weighted by Gasteiger charge is 2.49. The van der Waals surface area contributed by atoms with Crippen molar-refractivity contribution in [2.24, 2.45) is 5.92 Å². The van der Waals surface area contributed by atoms with Crippen molar-refractivity contribution in [3.05, 3.63) is 64.5 Å². The van der Waals surface area contributed by atoms with Gasteiger partial charge in [-0.1, -0.05) is 26.8 Å². The average molecular weight is 580 g/mol. The number of hydrogen-bond acceptors (Lipinski definition) is 7. The third-order valence-electron chi connectivity index (χ3n) is 8.87. The van der Waals surface area contributed by atoms with Gasteiger partial charge in [0.25, 0.3) is 0 Å². The summed E-state index contributed by atoms with van der Waals surface area (Å²) in [6, 6.07) is 7.82. The lowest BCUT2D eigenvalue weighted by molar-refractivity contribution is -0.0981. The molecular weight excluding hydrogens is 534 g/mol. The summed E-state index contributed by atoms with van der Waals surface area (Å²) in [4.78, 5) is 13.7. The Labute approximate surface area is 246 Å². The van der Waals surface area contributed by atoms with E-state index >= 15 is 0 Å². The fourth-order valence-corrected chi connectivity index (χ4v) is 6.43. The first-order valence-corrected chi connectivity index (χ1v) is 17.6. The standard InChI is InChI=1S/C33H45NO6Si/c1-10-36-27(28(37-11-2)20-39-41(8,9)32(3,4)5)19-38-22-13-15-23-25(17-22)33(6,7)31-29(30(23)35)24-14-12-21(18-34)16-26(24)40-31/h12-17,24,26-28H,10-11,19-20H2,1-9H3/t24?,26?,27-,28-/m1/s1. The van der Waals surface area contributed by atoms with Gasteiger partial charge in [0.1, 0.15) is 36.4 Å². The molecule has 0 amide bonds. The van der Waals surface area contributed by atoms with Gasteiger partial charge in [0.2, 0.25) is 0 Å². The van der Waals surface area contributed by atoms with Crippen molar-refractivity contribution in [2.45, 2.75) is 90.3 Å². The van der Waals surface area contributed by atoms with Crippen LogP contribution in [0.4, 0.5) is 0 Å². The minimum absolute atomic E-state index is 0.0294. The quantitative estimate of drug-likeness (QED) is 0.271. The van der Waals surface area contributed by atoms with E-state index in [1.54, 1.807) is 6.08 Å². The van der Waals surface area contributed by atoms with Crippen LogP contribution in [0.5, 0.6) is 5.75 Å². The third kappa shape index (κ3) is 6.10. The maximum absolute atomic E-state index is 13.7. The van der Waals surface area contributed by atoms with Crippen molar-refractivity contribution in [1.82, 2.24) is 0 Å². The molecule has 7 nitrogen and oxygen atoms in total. The number of ether oxygens (including phenoxy) is 4. The van der Waals surface area contributed by atoms with Gasteiger partial charge in [0.15, 0.2) is 14.1 Å². The zero-order chi connectivity index (χ0) is 30.2. The van der Waals surface area contributed by atoms with Gasteiger partial charge in [-0.05, 0) is 81.7 Å². The Morgan fingerprint density at radius 3 is 2.37 bits per heavy atom. The van der Waals surface area contributed by atoms with Crippen LogP contribution in [0.25, 0.3) is 0 Å². The second-order valence-electron chi connectivity index (χ2n) is 13.0. The van der Waals surface area contributed by atoms with Crippen molar-refractivity contribution in [1.29, 1.82) is 5.26 Å². The van der Waals surface area contributed by atoms with Gasteiger partial charge in [0.05, 0.1) is 24.2 Å². The lowest BCUT2D eigenvalue weighted by Crippen LogP contribution is -2.47. The largest absolute Gasteiger partial charge is 0.491 e. The number of nitriles is 1. The highest BCUT2D eigenvalue weighted by molar-refractivity contribution is 6.74. The molecule has 1 aliphatic heterocycles. The molecule has 2 aliphatic carbocycles. The fourth-order valence-electron chi connectivity index (χ4n) is 5.42. The molecule has 2 unspecified atom stereocenters. The number of ketones is 1. The molecule has 1 aromatic carbocycles. The fraction of sp³-hybridized carbons (Fsp3) is 0.576. The number of hydrogen-bond donors (Lipinski definition) is 0. The van der Waals surface area contributed by atoms with E-state index in [-0.39, 0.29) is 41.7 Å². The van der Waals surface area contributed by atoms with E-state index in [1.165, 1.54) is 0 Å². The van der Waals surface area contributed by atoms with Crippen molar-refractivity contribution < 1.29 is 28.2 Å². The molecule has 0 spiro atoms. The molecule has 4 rings (SSSR count). The van der Waals surface area contributed by atoms with Gasteiger partial charge in [0, 0.05) is 29.8 Å². The zero-order valence-corrected chi connectivity index (χ0v) is 27.0. The molecule has 0 saturated heterocycles. The maximum atomic E-state index is 13.7. The van der Waals surface area contributed by atoms with E-state index in [0.717, 1.165) is 5.56 Å². The Morgan fingerprint density at radius 2 is 1.76 bits per heavy atom. The Morgan fingerprint density at radius 1 is 1.10 bits per heavy atom. The highest BCUT2D eigenvalue weighted by atomic mass is 28.4. The topological polar surface area (TPSA) is 87.0 Å². The molecule has 0 saturated carbocycles. The Balaban J connectivity index is 1.53. The average Bonchev–Trinajstić information content (AvgIpc) is 3.32. The van der Waals surface area contributed by atoms with Crippen molar-refractivity contribution >= 4 is 14.1 Å². The molecule has 0 radical (unpaired) electrons. The van der Waals surface area contributed by atoms with Crippen molar-refractivity contribution in [2.75, 3.05) is 26.4 Å². The van der Waals surface area contributed by atoms with E-state index in [9.17, 15) is 10.1 Å². The number of carbonyl (C=O) groups excluding carboxylic acids is 1. The minimum Gasteiger partial charge on any atom is -0.491 e. The van der Waals surface area contributed by atoms with Crippen LogP contribution in [-0.2, 0) is 24.1 Å². The SMILES string of the molecule is CCO[C@H](COc1ccc2c(c1)C(C)(C)C1=C(C2=O)C2C=CC(C#N)=CC2O1)[C@@H](CO[Si](C)(C)C(C)(C)C)OCC. The van der Waals surface area contributed by atoms with Crippen LogP contribution in [0.1, 0.15) is 64.4 Å². The lowest BCUT2D eigenvalue weighted by atomic mass is 9.70. The summed E-state index contributed by atoms with van der Waals surface area (Å²) in [5.74, 6) is 1.11. The van der Waals surface area contributed by atoms with Crippen molar-refractivity contribution in [3.8, 4) is 11.8 Å². The van der Waals surface area contributed by atoms with E-state index in [2.05, 4.69) is 53.8 Å². The van der Waals surface area contributed by atoms with Crippen LogP contribution in [0.15, 0.2) is 53.3 Å². The molecule has 4 atom stereocenters. The van der Waals surface area contributed by atoms with E-state index < -0.39 is 13.7 Å². The van der Waals surface area contributed by atoms with Crippen LogP contribution in [0.3, 0.4) is 0 Å². The Bertz CT molecular complexity index is 1300. The number of allylic oxidation sites excluding steroid dienone is 3. The summed E-state index contributed by atoms with van der Waals surface area (Å²) in [5.41, 5.74) is 2.21. The molecule has 1 aromatic rings. The summed E-state index contributed by atoms with van der Waals surface area (Å²) in [7, 11) is -1.97. The smallest absolute Gasteiger partial charge is 0.193 e. The van der Waals surface area contributed by atoms with E-state index in [4.69, 9.17) is 23.4 Å². The molecule has 0 bridgehead atoms. The minimum atomic E-state index is -1.97. The molecule has 0 N–H and O–H groups in total. The maximum Gasteiger partial charge on any atom is 0.193 e. The summed E-state index contributed by atoms with van der Waals surface area (Å²) in [5, 5.41) is 9.43. The van der Waals surface area contributed by atoms with E-state index in [0.29, 0.717) is 48.0 Å². The van der Waals surface area contributed by atoms with Crippen molar-refractivity contribution in [3.63, 3.8) is 0 Å². The van der Waals surface area contributed by atoms with Gasteiger partial charge in [-0.15, -0.1) is 0 Å². The molecule has 8 heteroatoms. The molecule has 222 valence electrons. The molecular formula is C33H45NO6Si. The van der Waals surface area contributed by atoms with E-state index in [1.807, 2.05) is 44.2 Å². The number of rotatable bonds is 11. The zero-order valence-electron chi connectivity index (χ0n) is 26.0. The molecule has 1 heterocycles. The monoisotopic (exact) mass is 579 g/mol. The second kappa shape index (κ2) is 11.9. The first-order chi connectivity index (χ1) is 19.2. The number of Topliss-reactive ketones (excluding diaryl/α,β-unsaturated/α-hetero) is 1. The number of carbonyl (C=O) groups is 1. The van der Waals surface area contributed by atoms with Crippen LogP contribution < -0.4 is 4.74 Å². The van der Waals surface area contributed by atoms with Gasteiger partial charge in [-0.2, -0.15) is 5.26 Å². The molecule has 0 fully saturated rings. The Hall–Kier alpha value is -2.70. The number of nitrogens with zero attached hydrogens (tertiary/aromatic N) is 1. The molecule has 0 aromatic heterocycles. The normalized spacial score (nSPS) is 22.6. The van der Waals surface area contributed by atoms with Gasteiger partial charge in [-0.25, -0.2) is 0 Å². The van der Waals surface area contributed by atoms with Gasteiger partial charge >= 0.3 is 0 Å². The summed E-state index contributed by atoms with van der Waals surface area (Å²) >= 11 is 0. The predicted octanol–water partition coefficient (Wildman–Crippen LogP) is 6.66. The second-order valence-corrected chi connectivity index (χ2v) is 17.8. The summed E-state index contributed by atoms with van der Waals surface area (Å²) < 4.78 is 31.3. The summed E-state index contributed by atoms with van der Waals surface area (Å²) in [6.07, 6.45) is 4.56. The Kier molecular flexibility index (Phi) is 9.06. The first kappa shape index (κ1) is 31.2. The number of benzene rings is 1. The van der Waals surface area contributed by atoms with Crippen LogP contribution in [0, 0.1) is 17.2 Å². The van der Waals surface area contributed by atoms with Crippen LogP contribution in [-0.4, -0.2) is 58.8 Å². The third-order valence-corrected chi connectivity index (χ3v) is 13.4. The van der Waals surface area contributed by atoms with Gasteiger partial charge in [-0.3, -0.25) is 4.79 Å². The summed E-state index contributed by atoms with van der Waals surface area (Å²) in [6.45, 7) is 21.0. The van der Waals surface area contributed by atoms with Crippen LogP contribution >= 0.6 is 0 Å². The first-order valence-electron chi connectivity index (χ1n) is 14.7. The van der Waals surface area contributed by atoms with Crippen LogP contribution in [0.2, 0.25) is 18.1 Å². The van der Waals surface area contributed by atoms with Gasteiger partial charge < -0.3 is 23.4 Å². The molecule has 41 heavy (non-hydrogen) atoms. The predicted molar refractivity (Wildman–Crippen MR) is 161 cm³/mol. The lowest BCUT2D eigenvalue weighted by Gasteiger charge is -2.38. The molecule has 3 aliphatic rings. The highest BCUT2D eigenvalue weighted by Crippen LogP contribution is 2.51. The number of fused-ring (bicyclic) bond motifs is 3.